The summed E-state index contributed by atoms with van der Waals surface area (Å²) < 4.78 is 0. The molecule has 0 aromatic carbocycles. The van der Waals surface area contributed by atoms with Crippen LogP contribution in [-0.4, -0.2) is 28.0 Å². The first kappa shape index (κ1) is 18.0. The van der Waals surface area contributed by atoms with Crippen LogP contribution < -0.4 is 0 Å². The van der Waals surface area contributed by atoms with Gasteiger partial charge < -0.3 is 15.3 Å². The van der Waals surface area contributed by atoms with Crippen molar-refractivity contribution in [3.8, 4) is 0 Å². The van der Waals surface area contributed by atoms with E-state index in [4.69, 9.17) is 5.11 Å². The molecule has 4 atom stereocenters. The van der Waals surface area contributed by atoms with Gasteiger partial charge in [-0.25, -0.2) is 0 Å². The molecule has 24 heavy (non-hydrogen) atoms. The highest BCUT2D eigenvalue weighted by molar-refractivity contribution is 5.22. The Bertz CT molecular complexity index is 462. The summed E-state index contributed by atoms with van der Waals surface area (Å²) in [7, 11) is 0. The number of hydrogen-bond acceptors (Lipinski definition) is 3. The maximum Gasteiger partial charge on any atom is 0.0942 e. The predicted molar refractivity (Wildman–Crippen MR) is 96.6 cm³/mol. The van der Waals surface area contributed by atoms with Crippen molar-refractivity contribution in [2.75, 3.05) is 6.61 Å². The fourth-order valence-electron chi connectivity index (χ4n) is 5.21. The van der Waals surface area contributed by atoms with E-state index in [2.05, 4.69) is 6.08 Å². The van der Waals surface area contributed by atoms with Gasteiger partial charge in [0.2, 0.25) is 0 Å². The van der Waals surface area contributed by atoms with Gasteiger partial charge in [0.15, 0.2) is 0 Å². The second-order valence-electron chi connectivity index (χ2n) is 8.24. The molecule has 0 unspecified atom stereocenters. The van der Waals surface area contributed by atoms with Crippen LogP contribution in [0.4, 0.5) is 0 Å². The van der Waals surface area contributed by atoms with Crippen molar-refractivity contribution in [2.45, 2.75) is 76.7 Å². The van der Waals surface area contributed by atoms with Crippen molar-refractivity contribution in [1.29, 1.82) is 0 Å². The summed E-state index contributed by atoms with van der Waals surface area (Å²) in [5.41, 5.74) is 1.50. The Hall–Kier alpha value is -0.800. The minimum Gasteiger partial charge on any atom is -0.512 e. The molecule has 3 nitrogen and oxygen atoms in total. The van der Waals surface area contributed by atoms with Crippen LogP contribution >= 0.6 is 0 Å². The van der Waals surface area contributed by atoms with Gasteiger partial charge in [-0.05, 0) is 62.4 Å². The van der Waals surface area contributed by atoms with Gasteiger partial charge in [-0.15, -0.1) is 0 Å². The van der Waals surface area contributed by atoms with Crippen molar-refractivity contribution in [3.63, 3.8) is 0 Å². The normalized spacial score (nSPS) is 33.9. The summed E-state index contributed by atoms with van der Waals surface area (Å²) in [6.07, 6.45) is 16.3. The van der Waals surface area contributed by atoms with Crippen LogP contribution in [0.5, 0.6) is 0 Å². The second kappa shape index (κ2) is 8.53. The maximum atomic E-state index is 10.6. The summed E-state index contributed by atoms with van der Waals surface area (Å²) in [6, 6.07) is 0. The van der Waals surface area contributed by atoms with E-state index in [1.807, 2.05) is 6.08 Å². The van der Waals surface area contributed by atoms with Crippen molar-refractivity contribution in [1.82, 2.24) is 0 Å². The third-order valence-corrected chi connectivity index (χ3v) is 6.52. The smallest absolute Gasteiger partial charge is 0.0942 e. The minimum atomic E-state index is -0.382. The maximum absolute atomic E-state index is 10.6. The van der Waals surface area contributed by atoms with Gasteiger partial charge in [0.1, 0.15) is 0 Å². The molecule has 0 aromatic heterocycles. The summed E-state index contributed by atoms with van der Waals surface area (Å²) in [5, 5.41) is 29.9. The van der Waals surface area contributed by atoms with E-state index in [9.17, 15) is 10.2 Å². The SMILES string of the molecule is OCCCCCC1=C[C@@H]2C[C@H](O)[C@@H](C(O)=CCC3CCCC3)[C@@H]2C1. The monoisotopic (exact) mass is 334 g/mol. The molecule has 2 saturated carbocycles. The Kier molecular flexibility index (Phi) is 6.40. The van der Waals surface area contributed by atoms with E-state index in [-0.39, 0.29) is 18.6 Å². The van der Waals surface area contributed by atoms with Crippen LogP contribution in [0.3, 0.4) is 0 Å². The highest BCUT2D eigenvalue weighted by Gasteiger charge is 2.46. The van der Waals surface area contributed by atoms with Crippen LogP contribution in [0.25, 0.3) is 0 Å². The Labute approximate surface area is 146 Å². The van der Waals surface area contributed by atoms with Crippen LogP contribution in [0.15, 0.2) is 23.5 Å². The predicted octanol–water partition coefficient (Wildman–Crippen LogP) is 4.50. The highest BCUT2D eigenvalue weighted by Crippen LogP contribution is 2.49. The van der Waals surface area contributed by atoms with Gasteiger partial charge >= 0.3 is 0 Å². The largest absolute Gasteiger partial charge is 0.512 e. The van der Waals surface area contributed by atoms with Gasteiger partial charge in [-0.2, -0.15) is 0 Å². The van der Waals surface area contributed by atoms with Crippen molar-refractivity contribution in [3.05, 3.63) is 23.5 Å². The topological polar surface area (TPSA) is 60.7 Å². The molecule has 0 bridgehead atoms. The quantitative estimate of drug-likeness (QED) is 0.348. The van der Waals surface area contributed by atoms with Gasteiger partial charge in [-0.3, -0.25) is 0 Å². The number of aliphatic hydroxyl groups is 3. The summed E-state index contributed by atoms with van der Waals surface area (Å²) >= 11 is 0. The summed E-state index contributed by atoms with van der Waals surface area (Å²) in [4.78, 5) is 0. The van der Waals surface area contributed by atoms with Crippen molar-refractivity contribution >= 4 is 0 Å². The average molecular weight is 335 g/mol. The molecular weight excluding hydrogens is 300 g/mol. The molecular formula is C21H34O3. The van der Waals surface area contributed by atoms with Crippen molar-refractivity contribution in [2.24, 2.45) is 23.7 Å². The van der Waals surface area contributed by atoms with E-state index in [0.29, 0.717) is 17.6 Å². The van der Waals surface area contributed by atoms with E-state index >= 15 is 0 Å². The molecule has 2 fully saturated rings. The molecule has 0 saturated heterocycles. The number of hydrogen-bond donors (Lipinski definition) is 3. The Morgan fingerprint density at radius 3 is 2.71 bits per heavy atom. The molecule has 3 aliphatic carbocycles. The zero-order chi connectivity index (χ0) is 16.9. The molecule has 0 amide bonds. The molecule has 0 spiro atoms. The van der Waals surface area contributed by atoms with Crippen LogP contribution in [0.1, 0.15) is 70.6 Å². The Morgan fingerprint density at radius 1 is 1.17 bits per heavy atom. The third-order valence-electron chi connectivity index (χ3n) is 6.52. The number of allylic oxidation sites excluding steroid dienone is 3. The molecule has 3 aliphatic rings. The molecule has 0 aliphatic heterocycles. The second-order valence-corrected chi connectivity index (χ2v) is 8.24. The lowest BCUT2D eigenvalue weighted by molar-refractivity contribution is 0.109. The van der Waals surface area contributed by atoms with Gasteiger partial charge in [0.25, 0.3) is 0 Å². The third kappa shape index (κ3) is 4.23. The number of rotatable bonds is 8. The standard InChI is InChI=1S/C21H34O3/c22-11-5-1-2-8-16-12-17-14-20(24)21(18(17)13-16)19(23)10-9-15-6-3-4-7-15/h10,12,15,17-18,20-24H,1-9,11,13-14H2/t17-,18-,20+,21-/m1/s1. The average Bonchev–Trinajstić information content (AvgIpc) is 3.25. The molecule has 3 rings (SSSR count). The molecule has 136 valence electrons. The fraction of sp³-hybridized carbons (Fsp3) is 0.810. The zero-order valence-corrected chi connectivity index (χ0v) is 14.9. The molecule has 3 heteroatoms. The summed E-state index contributed by atoms with van der Waals surface area (Å²) in [6.45, 7) is 0.290. The zero-order valence-electron chi connectivity index (χ0n) is 14.9. The number of fused-ring (bicyclic) bond motifs is 1. The lowest BCUT2D eigenvalue weighted by Crippen LogP contribution is -2.22. The van der Waals surface area contributed by atoms with Crippen molar-refractivity contribution < 1.29 is 15.3 Å². The number of unbranched alkanes of at least 4 members (excludes halogenated alkanes) is 2. The number of aliphatic hydroxyl groups excluding tert-OH is 3. The first-order valence-electron chi connectivity index (χ1n) is 10.1. The van der Waals surface area contributed by atoms with E-state index < -0.39 is 0 Å². The lowest BCUT2D eigenvalue weighted by Gasteiger charge is -2.22. The lowest BCUT2D eigenvalue weighted by atomic mass is 9.87. The highest BCUT2D eigenvalue weighted by atomic mass is 16.3. The van der Waals surface area contributed by atoms with E-state index in [0.717, 1.165) is 50.9 Å². The van der Waals surface area contributed by atoms with Crippen LogP contribution in [-0.2, 0) is 0 Å². The van der Waals surface area contributed by atoms with Gasteiger partial charge in [-0.1, -0.05) is 43.8 Å². The molecule has 0 radical (unpaired) electrons. The minimum absolute atomic E-state index is 0.0532. The fourth-order valence-corrected chi connectivity index (χ4v) is 5.21. The molecule has 3 N–H and O–H groups in total. The molecule has 0 aromatic rings. The first-order chi connectivity index (χ1) is 11.7. The van der Waals surface area contributed by atoms with Crippen LogP contribution in [0.2, 0.25) is 0 Å². The van der Waals surface area contributed by atoms with E-state index in [1.54, 1.807) is 0 Å². The molecule has 0 heterocycles. The van der Waals surface area contributed by atoms with E-state index in [1.165, 1.54) is 31.3 Å². The summed E-state index contributed by atoms with van der Waals surface area (Å²) in [5.74, 6) is 1.98. The van der Waals surface area contributed by atoms with Gasteiger partial charge in [0, 0.05) is 12.5 Å². The first-order valence-corrected chi connectivity index (χ1v) is 10.1. The Balaban J connectivity index is 1.53. The van der Waals surface area contributed by atoms with Crippen LogP contribution in [0, 0.1) is 23.7 Å². The Morgan fingerprint density at radius 2 is 1.96 bits per heavy atom. The van der Waals surface area contributed by atoms with Gasteiger partial charge in [0.05, 0.1) is 11.9 Å².